The summed E-state index contributed by atoms with van der Waals surface area (Å²) in [6.07, 6.45) is 2.00. The molecule has 0 atom stereocenters. The van der Waals surface area contributed by atoms with Crippen LogP contribution in [0.4, 0.5) is 0 Å². The minimum Gasteiger partial charge on any atom is -0.294 e. The van der Waals surface area contributed by atoms with Gasteiger partial charge in [0.1, 0.15) is 0 Å². The summed E-state index contributed by atoms with van der Waals surface area (Å²) >= 11 is 6.53. The zero-order valence-corrected chi connectivity index (χ0v) is 9.40. The Morgan fingerprint density at radius 3 is 2.64 bits per heavy atom. The first kappa shape index (κ1) is 9.29. The Hall–Kier alpha value is 0.200. The van der Waals surface area contributed by atoms with Crippen molar-refractivity contribution in [1.82, 2.24) is 0 Å². The van der Waals surface area contributed by atoms with Crippen molar-refractivity contribution in [3.8, 4) is 0 Å². The molecule has 0 radical (unpaired) electrons. The fourth-order valence-electron chi connectivity index (χ4n) is 0.688. The van der Waals surface area contributed by atoms with Crippen LogP contribution in [0, 0.1) is 0 Å². The molecule has 0 aromatic carbocycles. The van der Waals surface area contributed by atoms with Crippen molar-refractivity contribution in [1.29, 1.82) is 0 Å². The van der Waals surface area contributed by atoms with Crippen LogP contribution in [0.25, 0.3) is 0 Å². The fraction of sp³-hybridized carbons (Fsp3) is 0.286. The van der Waals surface area contributed by atoms with Crippen molar-refractivity contribution < 1.29 is 4.79 Å². The van der Waals surface area contributed by atoms with Crippen LogP contribution < -0.4 is 0 Å². The molecule has 0 saturated carbocycles. The molecule has 0 amide bonds. The van der Waals surface area contributed by atoms with Crippen molar-refractivity contribution >= 4 is 44.8 Å². The monoisotopic (exact) mass is 250 g/mol. The topological polar surface area (TPSA) is 17.1 Å². The number of ketones is 1. The minimum absolute atomic E-state index is 0.127. The molecule has 0 spiro atoms. The van der Waals surface area contributed by atoms with Crippen LogP contribution in [0.1, 0.15) is 16.6 Å². The van der Waals surface area contributed by atoms with Crippen molar-refractivity contribution in [3.63, 3.8) is 0 Å². The standard InChI is InChI=1S/C7H7BrOS2/c1-4(9)7-5(8)3-6(10-2)11-7/h3H,1-2H3. The summed E-state index contributed by atoms with van der Waals surface area (Å²) in [5.41, 5.74) is 0. The average molecular weight is 251 g/mol. The number of carbonyl (C=O) groups excluding carboxylic acids is 1. The van der Waals surface area contributed by atoms with Gasteiger partial charge in [-0.05, 0) is 35.2 Å². The number of thiophene rings is 1. The third kappa shape index (κ3) is 2.07. The normalized spacial score (nSPS) is 10.1. The highest BCUT2D eigenvalue weighted by molar-refractivity contribution is 9.10. The molecule has 0 aliphatic rings. The molecule has 1 aromatic rings. The molecular formula is C7H7BrOS2. The predicted molar refractivity (Wildman–Crippen MR) is 53.8 cm³/mol. The van der Waals surface area contributed by atoms with Crippen molar-refractivity contribution in [2.24, 2.45) is 0 Å². The Balaban J connectivity index is 3.07. The molecular weight excluding hydrogens is 244 g/mol. The number of halogens is 1. The van der Waals surface area contributed by atoms with Gasteiger partial charge < -0.3 is 0 Å². The van der Waals surface area contributed by atoms with E-state index in [1.54, 1.807) is 18.7 Å². The van der Waals surface area contributed by atoms with Gasteiger partial charge in [-0.15, -0.1) is 23.1 Å². The Morgan fingerprint density at radius 2 is 2.36 bits per heavy atom. The van der Waals surface area contributed by atoms with E-state index in [0.717, 1.165) is 9.35 Å². The zero-order valence-electron chi connectivity index (χ0n) is 6.18. The van der Waals surface area contributed by atoms with Gasteiger partial charge >= 0.3 is 0 Å². The van der Waals surface area contributed by atoms with Crippen LogP contribution in [0.5, 0.6) is 0 Å². The van der Waals surface area contributed by atoms with E-state index in [0.29, 0.717) is 0 Å². The second kappa shape index (κ2) is 3.74. The van der Waals surface area contributed by atoms with Gasteiger partial charge in [-0.25, -0.2) is 0 Å². The molecule has 0 unspecified atom stereocenters. The summed E-state index contributed by atoms with van der Waals surface area (Å²) in [6.45, 7) is 1.58. The van der Waals surface area contributed by atoms with Crippen LogP contribution in [0.2, 0.25) is 0 Å². The zero-order chi connectivity index (χ0) is 8.43. The number of rotatable bonds is 2. The average Bonchev–Trinajstić information content (AvgIpc) is 2.30. The molecule has 11 heavy (non-hydrogen) atoms. The van der Waals surface area contributed by atoms with Gasteiger partial charge in [0, 0.05) is 4.47 Å². The van der Waals surface area contributed by atoms with E-state index >= 15 is 0 Å². The molecule has 1 rings (SSSR count). The van der Waals surface area contributed by atoms with E-state index < -0.39 is 0 Å². The third-order valence-electron chi connectivity index (χ3n) is 1.19. The molecule has 60 valence electrons. The Bertz CT molecular complexity index is 280. The Morgan fingerprint density at radius 1 is 1.73 bits per heavy atom. The van der Waals surface area contributed by atoms with E-state index in [1.807, 2.05) is 12.3 Å². The van der Waals surface area contributed by atoms with Gasteiger partial charge in [-0.1, -0.05) is 0 Å². The highest BCUT2D eigenvalue weighted by atomic mass is 79.9. The van der Waals surface area contributed by atoms with Crippen LogP contribution in [-0.2, 0) is 0 Å². The Labute approximate surface area is 82.3 Å². The third-order valence-corrected chi connectivity index (χ3v) is 4.37. The first-order valence-corrected chi connectivity index (χ1v) is 5.83. The molecule has 0 N–H and O–H groups in total. The van der Waals surface area contributed by atoms with Crippen LogP contribution in [0.15, 0.2) is 14.7 Å². The maximum Gasteiger partial charge on any atom is 0.170 e. The number of hydrogen-bond acceptors (Lipinski definition) is 3. The van der Waals surface area contributed by atoms with E-state index in [2.05, 4.69) is 15.9 Å². The predicted octanol–water partition coefficient (Wildman–Crippen LogP) is 3.44. The molecule has 1 nitrogen and oxygen atoms in total. The maximum absolute atomic E-state index is 11.0. The molecule has 1 heterocycles. The number of thioether (sulfide) groups is 1. The first-order chi connectivity index (χ1) is 5.15. The van der Waals surface area contributed by atoms with Crippen LogP contribution in [0.3, 0.4) is 0 Å². The van der Waals surface area contributed by atoms with E-state index in [9.17, 15) is 4.79 Å². The van der Waals surface area contributed by atoms with Gasteiger partial charge in [0.05, 0.1) is 9.09 Å². The molecule has 0 fully saturated rings. The summed E-state index contributed by atoms with van der Waals surface area (Å²) in [4.78, 5) is 11.8. The van der Waals surface area contributed by atoms with Crippen LogP contribution >= 0.6 is 39.0 Å². The van der Waals surface area contributed by atoms with Crippen LogP contribution in [-0.4, -0.2) is 12.0 Å². The summed E-state index contributed by atoms with van der Waals surface area (Å²) < 4.78 is 2.08. The number of hydrogen-bond donors (Lipinski definition) is 0. The molecule has 0 bridgehead atoms. The van der Waals surface area contributed by atoms with Crippen molar-refractivity contribution in [3.05, 3.63) is 15.4 Å². The van der Waals surface area contributed by atoms with E-state index in [-0.39, 0.29) is 5.78 Å². The second-order valence-electron chi connectivity index (χ2n) is 2.00. The van der Waals surface area contributed by atoms with Gasteiger partial charge in [0.15, 0.2) is 5.78 Å². The lowest BCUT2D eigenvalue weighted by Gasteiger charge is -1.86. The smallest absolute Gasteiger partial charge is 0.170 e. The summed E-state index contributed by atoms with van der Waals surface area (Å²) in [7, 11) is 0. The quantitative estimate of drug-likeness (QED) is 0.591. The highest BCUT2D eigenvalue weighted by Crippen LogP contribution is 2.32. The summed E-state index contributed by atoms with van der Waals surface area (Å²) in [6, 6.07) is 1.98. The first-order valence-electron chi connectivity index (χ1n) is 2.99. The van der Waals surface area contributed by atoms with Gasteiger partial charge in [0.25, 0.3) is 0 Å². The maximum atomic E-state index is 11.0. The van der Waals surface area contributed by atoms with Crippen molar-refractivity contribution in [2.45, 2.75) is 11.1 Å². The molecule has 1 aromatic heterocycles. The van der Waals surface area contributed by atoms with E-state index in [4.69, 9.17) is 0 Å². The highest BCUT2D eigenvalue weighted by Gasteiger charge is 2.09. The molecule has 0 aliphatic carbocycles. The molecule has 4 heteroatoms. The van der Waals surface area contributed by atoms with Gasteiger partial charge in [-0.2, -0.15) is 0 Å². The van der Waals surface area contributed by atoms with Gasteiger partial charge in [0.2, 0.25) is 0 Å². The lowest BCUT2D eigenvalue weighted by atomic mass is 10.4. The summed E-state index contributed by atoms with van der Waals surface area (Å²) in [5, 5.41) is 0. The second-order valence-corrected chi connectivity index (χ2v) is 5.02. The lowest BCUT2D eigenvalue weighted by molar-refractivity contribution is 0.102. The largest absolute Gasteiger partial charge is 0.294 e. The Kier molecular flexibility index (Phi) is 3.16. The molecule has 0 saturated heterocycles. The van der Waals surface area contributed by atoms with E-state index in [1.165, 1.54) is 15.5 Å². The number of Topliss-reactive ketones (excluding diaryl/α,β-unsaturated/α-hetero) is 1. The SMILES string of the molecule is CSc1cc(Br)c(C(C)=O)s1. The fourth-order valence-corrected chi connectivity index (χ4v) is 3.24. The lowest BCUT2D eigenvalue weighted by Crippen LogP contribution is -1.85. The minimum atomic E-state index is 0.127. The van der Waals surface area contributed by atoms with Gasteiger partial charge in [-0.3, -0.25) is 4.79 Å². The van der Waals surface area contributed by atoms with Crippen molar-refractivity contribution in [2.75, 3.05) is 6.26 Å². The molecule has 0 aliphatic heterocycles. The summed E-state index contributed by atoms with van der Waals surface area (Å²) in [5.74, 6) is 0.127. The number of carbonyl (C=O) groups is 1.